The molecule has 42 heavy (non-hydrogen) atoms. The summed E-state index contributed by atoms with van der Waals surface area (Å²) in [5, 5.41) is 5.05. The Morgan fingerprint density at radius 3 is 2.50 bits per heavy atom. The second-order valence-electron chi connectivity index (χ2n) is 10.0. The summed E-state index contributed by atoms with van der Waals surface area (Å²) >= 11 is 0. The van der Waals surface area contributed by atoms with Crippen LogP contribution in [0.15, 0.2) is 48.8 Å². The van der Waals surface area contributed by atoms with Gasteiger partial charge in [0, 0.05) is 56.7 Å². The van der Waals surface area contributed by atoms with Gasteiger partial charge in [0.1, 0.15) is 17.9 Å². The molecule has 0 aliphatic carbocycles. The lowest BCUT2D eigenvalue weighted by Crippen LogP contribution is -2.44. The number of nitrogens with one attached hydrogen (secondary N) is 2. The van der Waals surface area contributed by atoms with Crippen molar-refractivity contribution >= 4 is 29.3 Å². The zero-order chi connectivity index (χ0) is 29.9. The lowest BCUT2D eigenvalue weighted by atomic mass is 10.0. The number of urea groups is 1. The fraction of sp³-hybridized carbons (Fsp3) is 0.357. The minimum Gasteiger partial charge on any atom is -0.453 e. The normalized spacial score (nSPS) is 15.7. The molecule has 1 saturated heterocycles. The Hall–Kier alpha value is -4.43. The van der Waals surface area contributed by atoms with Crippen molar-refractivity contribution in [1.82, 2.24) is 19.8 Å². The Kier molecular flexibility index (Phi) is 8.45. The molecule has 0 bridgehead atoms. The average Bonchev–Trinajstić information content (AvgIpc) is 3.38. The van der Waals surface area contributed by atoms with Gasteiger partial charge in [-0.1, -0.05) is 6.07 Å². The number of anilines is 3. The fourth-order valence-corrected chi connectivity index (χ4v) is 4.89. The van der Waals surface area contributed by atoms with Crippen molar-refractivity contribution in [2.75, 3.05) is 62.4 Å². The lowest BCUT2D eigenvalue weighted by Gasteiger charge is -2.33. The molecule has 14 heteroatoms. The smallest absolute Gasteiger partial charge is 0.416 e. The van der Waals surface area contributed by atoms with Crippen LogP contribution in [0.1, 0.15) is 16.7 Å². The zero-order valence-corrected chi connectivity index (χ0v) is 23.1. The molecule has 222 valence electrons. The maximum Gasteiger partial charge on any atom is 0.416 e. The summed E-state index contributed by atoms with van der Waals surface area (Å²) in [4.78, 5) is 38.1. The summed E-state index contributed by atoms with van der Waals surface area (Å²) in [6, 6.07) is 9.96. The number of benzene rings is 2. The standard InChI is InChI=1S/C28H30F3N7O4/c1-36-9-11-37(12-10-36)16-19-3-4-20(14-22(19)28(29,30)31)34-26(39)38-8-7-18-13-21(5-6-23(18)38)42-25-15-24(32-17-33-25)35-27(40)41-2/h3-6,13-15,17H,7-12,16H2,1-2H3,(H,34,39)(H,32,33,35,40). The molecule has 2 aliphatic rings. The van der Waals surface area contributed by atoms with E-state index in [4.69, 9.17) is 4.74 Å². The fourth-order valence-electron chi connectivity index (χ4n) is 4.89. The molecule has 3 heterocycles. The Bertz CT molecular complexity index is 1460. The third-order valence-corrected chi connectivity index (χ3v) is 7.13. The van der Waals surface area contributed by atoms with Crippen molar-refractivity contribution in [3.8, 4) is 11.6 Å². The number of hydrogen-bond acceptors (Lipinski definition) is 8. The number of hydrogen-bond donors (Lipinski definition) is 2. The van der Waals surface area contributed by atoms with Crippen molar-refractivity contribution in [3.05, 3.63) is 65.5 Å². The first-order valence-electron chi connectivity index (χ1n) is 13.3. The third-order valence-electron chi connectivity index (χ3n) is 7.13. The van der Waals surface area contributed by atoms with E-state index in [1.807, 2.05) is 11.9 Å². The van der Waals surface area contributed by atoms with Crippen molar-refractivity contribution in [2.45, 2.75) is 19.1 Å². The van der Waals surface area contributed by atoms with Crippen LogP contribution in [0.5, 0.6) is 11.6 Å². The van der Waals surface area contributed by atoms with Crippen LogP contribution in [0, 0.1) is 0 Å². The number of fused-ring (bicyclic) bond motifs is 1. The highest BCUT2D eigenvalue weighted by Gasteiger charge is 2.35. The Balaban J connectivity index is 1.26. The largest absolute Gasteiger partial charge is 0.453 e. The number of ether oxygens (including phenoxy) is 2. The number of alkyl halides is 3. The van der Waals surface area contributed by atoms with Gasteiger partial charge < -0.3 is 19.7 Å². The number of rotatable bonds is 6. The van der Waals surface area contributed by atoms with E-state index in [-0.39, 0.29) is 29.5 Å². The van der Waals surface area contributed by atoms with E-state index in [1.54, 1.807) is 18.2 Å². The average molecular weight is 586 g/mol. The quantitative estimate of drug-likeness (QED) is 0.424. The molecule has 0 atom stereocenters. The summed E-state index contributed by atoms with van der Waals surface area (Å²) < 4.78 is 52.3. The van der Waals surface area contributed by atoms with Crippen LogP contribution >= 0.6 is 0 Å². The Morgan fingerprint density at radius 1 is 0.976 bits per heavy atom. The van der Waals surface area contributed by atoms with Crippen LogP contribution in [-0.2, 0) is 23.9 Å². The molecule has 3 amide bonds. The highest BCUT2D eigenvalue weighted by atomic mass is 19.4. The van der Waals surface area contributed by atoms with Crippen LogP contribution in [-0.4, -0.2) is 78.8 Å². The number of carbonyl (C=O) groups is 2. The highest BCUT2D eigenvalue weighted by Crippen LogP contribution is 2.36. The van der Waals surface area contributed by atoms with Gasteiger partial charge in [0.25, 0.3) is 0 Å². The van der Waals surface area contributed by atoms with Crippen LogP contribution in [0.3, 0.4) is 0 Å². The molecule has 0 saturated carbocycles. The van der Waals surface area contributed by atoms with Crippen molar-refractivity contribution in [3.63, 3.8) is 0 Å². The summed E-state index contributed by atoms with van der Waals surface area (Å²) in [6.07, 6.45) is -3.49. The molecule has 3 aromatic rings. The van der Waals surface area contributed by atoms with E-state index in [0.717, 1.165) is 24.7 Å². The maximum atomic E-state index is 14.0. The zero-order valence-electron chi connectivity index (χ0n) is 23.1. The molecular weight excluding hydrogens is 555 g/mol. The first kappa shape index (κ1) is 29.1. The highest BCUT2D eigenvalue weighted by molar-refractivity contribution is 6.03. The number of amides is 3. The van der Waals surface area contributed by atoms with Crippen molar-refractivity contribution in [2.24, 2.45) is 0 Å². The first-order valence-corrected chi connectivity index (χ1v) is 13.3. The molecule has 1 fully saturated rings. The van der Waals surface area contributed by atoms with Gasteiger partial charge in [0.2, 0.25) is 5.88 Å². The van der Waals surface area contributed by atoms with Gasteiger partial charge in [0.15, 0.2) is 0 Å². The van der Waals surface area contributed by atoms with Crippen LogP contribution in [0.25, 0.3) is 0 Å². The number of carbonyl (C=O) groups excluding carboxylic acids is 2. The molecule has 2 N–H and O–H groups in total. The topological polar surface area (TPSA) is 112 Å². The van der Waals surface area contributed by atoms with Gasteiger partial charge in [-0.25, -0.2) is 19.6 Å². The number of piperazine rings is 1. The van der Waals surface area contributed by atoms with Gasteiger partial charge in [-0.05, 0) is 54.9 Å². The molecule has 1 aromatic heterocycles. The summed E-state index contributed by atoms with van der Waals surface area (Å²) in [5.74, 6) is 0.821. The van der Waals surface area contributed by atoms with E-state index in [9.17, 15) is 22.8 Å². The summed E-state index contributed by atoms with van der Waals surface area (Å²) in [7, 11) is 3.22. The van der Waals surface area contributed by atoms with Gasteiger partial charge in [0.05, 0.1) is 12.7 Å². The predicted octanol–water partition coefficient (Wildman–Crippen LogP) is 4.81. The maximum absolute atomic E-state index is 14.0. The minimum atomic E-state index is -4.56. The van der Waals surface area contributed by atoms with E-state index < -0.39 is 23.9 Å². The first-order chi connectivity index (χ1) is 20.1. The van der Waals surface area contributed by atoms with Gasteiger partial charge in [-0.15, -0.1) is 0 Å². The third kappa shape index (κ3) is 6.89. The molecule has 5 rings (SSSR count). The van der Waals surface area contributed by atoms with E-state index in [2.05, 4.69) is 30.2 Å². The van der Waals surface area contributed by atoms with Crippen molar-refractivity contribution in [1.29, 1.82) is 0 Å². The predicted molar refractivity (Wildman–Crippen MR) is 149 cm³/mol. The number of halogens is 3. The van der Waals surface area contributed by atoms with Gasteiger partial charge in [-0.3, -0.25) is 15.1 Å². The number of likely N-dealkylation sites (N-methyl/N-ethyl adjacent to an activating group) is 1. The summed E-state index contributed by atoms with van der Waals surface area (Å²) in [6.45, 7) is 3.53. The van der Waals surface area contributed by atoms with Gasteiger partial charge in [-0.2, -0.15) is 13.2 Å². The number of nitrogens with zero attached hydrogens (tertiary/aromatic N) is 5. The van der Waals surface area contributed by atoms with Crippen molar-refractivity contribution < 1.29 is 32.2 Å². The molecule has 0 unspecified atom stereocenters. The number of methoxy groups -OCH3 is 1. The van der Waals surface area contributed by atoms with E-state index in [0.29, 0.717) is 37.5 Å². The van der Waals surface area contributed by atoms with Crippen LogP contribution in [0.2, 0.25) is 0 Å². The molecule has 0 spiro atoms. The van der Waals surface area contributed by atoms with Crippen LogP contribution < -0.4 is 20.3 Å². The molecular formula is C28H30F3N7O4. The number of aromatic nitrogens is 2. The summed E-state index contributed by atoms with van der Waals surface area (Å²) in [5.41, 5.74) is 0.947. The van der Waals surface area contributed by atoms with E-state index in [1.165, 1.54) is 36.5 Å². The second kappa shape index (κ2) is 12.2. The Morgan fingerprint density at radius 2 is 1.76 bits per heavy atom. The molecule has 11 nitrogen and oxygen atoms in total. The second-order valence-corrected chi connectivity index (χ2v) is 10.0. The minimum absolute atomic E-state index is 0.0722. The lowest BCUT2D eigenvalue weighted by molar-refractivity contribution is -0.138. The van der Waals surface area contributed by atoms with E-state index >= 15 is 0 Å². The monoisotopic (exact) mass is 585 g/mol. The Labute approximate surface area is 240 Å². The van der Waals surface area contributed by atoms with Gasteiger partial charge >= 0.3 is 18.3 Å². The SMILES string of the molecule is COC(=O)Nc1cc(Oc2ccc3c(c2)CCN3C(=O)Nc2ccc(CN3CCN(C)CC3)c(C(F)(F)F)c2)ncn1. The molecule has 2 aromatic carbocycles. The molecule has 0 radical (unpaired) electrons. The molecule has 2 aliphatic heterocycles. The van der Waals surface area contributed by atoms with Crippen LogP contribution in [0.4, 0.5) is 40.0 Å².